The third-order valence-corrected chi connectivity index (χ3v) is 6.25. The third kappa shape index (κ3) is 3.00. The van der Waals surface area contributed by atoms with Crippen LogP contribution in [0.2, 0.25) is 19.6 Å². The molecule has 0 fully saturated rings. The van der Waals surface area contributed by atoms with Crippen molar-refractivity contribution in [3.05, 3.63) is 24.4 Å². The summed E-state index contributed by atoms with van der Waals surface area (Å²) in [6.07, 6.45) is 1.75. The van der Waals surface area contributed by atoms with Gasteiger partial charge in [-0.2, -0.15) is 21.6 Å². The van der Waals surface area contributed by atoms with Gasteiger partial charge in [0, 0.05) is 19.3 Å². The first-order chi connectivity index (χ1) is 9.83. The fourth-order valence-electron chi connectivity index (χ4n) is 2.12. The number of fused-ring (bicyclic) bond motifs is 1. The molecule has 0 aliphatic carbocycles. The van der Waals surface area contributed by atoms with Crippen LogP contribution in [0.15, 0.2) is 24.4 Å². The number of alkyl halides is 3. The van der Waals surface area contributed by atoms with E-state index in [0.29, 0.717) is 10.7 Å². The van der Waals surface area contributed by atoms with Crippen LogP contribution < -0.4 is 9.37 Å². The molecule has 1 heterocycles. The van der Waals surface area contributed by atoms with Gasteiger partial charge in [-0.25, -0.2) is 0 Å². The summed E-state index contributed by atoms with van der Waals surface area (Å²) in [5, 5.41) is 1.36. The molecule has 1 aromatic carbocycles. The van der Waals surface area contributed by atoms with E-state index in [9.17, 15) is 21.6 Å². The second-order valence-corrected chi connectivity index (χ2v) is 12.6. The monoisotopic (exact) mass is 351 g/mol. The Labute approximate surface area is 127 Å². The molecule has 0 unspecified atom stereocenters. The van der Waals surface area contributed by atoms with Gasteiger partial charge in [0.25, 0.3) is 0 Å². The second-order valence-electron chi connectivity index (χ2n) is 6.07. The summed E-state index contributed by atoms with van der Waals surface area (Å²) < 4.78 is 66.5. The lowest BCUT2D eigenvalue weighted by Gasteiger charge is -2.21. The van der Waals surface area contributed by atoms with Crippen LogP contribution in [0.5, 0.6) is 5.75 Å². The van der Waals surface area contributed by atoms with Crippen LogP contribution >= 0.6 is 0 Å². The van der Waals surface area contributed by atoms with E-state index < -0.39 is 23.7 Å². The SMILES string of the molecule is Cn1ccc2cc([Si](C)(C)C)c(OS(=O)(=O)C(F)(F)F)cc21. The highest BCUT2D eigenvalue weighted by Crippen LogP contribution is 2.29. The summed E-state index contributed by atoms with van der Waals surface area (Å²) in [4.78, 5) is 0. The maximum absolute atomic E-state index is 12.6. The van der Waals surface area contributed by atoms with Crippen LogP contribution in [-0.4, -0.2) is 26.6 Å². The fourth-order valence-corrected chi connectivity index (χ4v) is 4.11. The van der Waals surface area contributed by atoms with Gasteiger partial charge in [0.1, 0.15) is 5.75 Å². The molecular weight excluding hydrogens is 335 g/mol. The molecule has 4 nitrogen and oxygen atoms in total. The van der Waals surface area contributed by atoms with Crippen molar-refractivity contribution in [1.82, 2.24) is 4.57 Å². The van der Waals surface area contributed by atoms with Gasteiger partial charge in [-0.1, -0.05) is 19.6 Å². The molecule has 0 radical (unpaired) electrons. The molecule has 0 spiro atoms. The summed E-state index contributed by atoms with van der Waals surface area (Å²) >= 11 is 0. The molecule has 22 heavy (non-hydrogen) atoms. The molecule has 0 aliphatic heterocycles. The predicted molar refractivity (Wildman–Crippen MR) is 81.5 cm³/mol. The predicted octanol–water partition coefficient (Wildman–Crippen LogP) is 2.95. The first kappa shape index (κ1) is 16.9. The van der Waals surface area contributed by atoms with Crippen LogP contribution in [0.3, 0.4) is 0 Å². The zero-order valence-electron chi connectivity index (χ0n) is 12.5. The first-order valence-electron chi connectivity index (χ1n) is 6.43. The van der Waals surface area contributed by atoms with Gasteiger partial charge in [0.05, 0.1) is 13.6 Å². The fraction of sp³-hybridized carbons (Fsp3) is 0.385. The molecule has 0 saturated heterocycles. The summed E-state index contributed by atoms with van der Waals surface area (Å²) in [5.74, 6) is -0.245. The van der Waals surface area contributed by atoms with E-state index in [2.05, 4.69) is 4.18 Å². The van der Waals surface area contributed by atoms with E-state index in [0.717, 1.165) is 5.39 Å². The van der Waals surface area contributed by atoms with Gasteiger partial charge >= 0.3 is 15.6 Å². The lowest BCUT2D eigenvalue weighted by atomic mass is 10.2. The van der Waals surface area contributed by atoms with Crippen molar-refractivity contribution >= 4 is 34.3 Å². The van der Waals surface area contributed by atoms with Gasteiger partial charge in [-0.3, -0.25) is 0 Å². The maximum atomic E-state index is 12.6. The van der Waals surface area contributed by atoms with Gasteiger partial charge in [-0.15, -0.1) is 0 Å². The Hall–Kier alpha value is -1.48. The lowest BCUT2D eigenvalue weighted by molar-refractivity contribution is -0.0499. The molecule has 0 atom stereocenters. The molecule has 0 N–H and O–H groups in total. The van der Waals surface area contributed by atoms with E-state index in [1.165, 1.54) is 6.07 Å². The Morgan fingerprint density at radius 1 is 1.18 bits per heavy atom. The number of rotatable bonds is 3. The Kier molecular flexibility index (Phi) is 3.85. The molecule has 0 aliphatic rings. The van der Waals surface area contributed by atoms with Crippen molar-refractivity contribution in [2.45, 2.75) is 25.1 Å². The maximum Gasteiger partial charge on any atom is 0.534 e. The van der Waals surface area contributed by atoms with Crippen molar-refractivity contribution in [3.63, 3.8) is 0 Å². The number of aromatic nitrogens is 1. The minimum atomic E-state index is -5.69. The third-order valence-electron chi connectivity index (χ3n) is 3.28. The Morgan fingerprint density at radius 3 is 2.27 bits per heavy atom. The van der Waals surface area contributed by atoms with E-state index >= 15 is 0 Å². The van der Waals surface area contributed by atoms with Crippen molar-refractivity contribution in [2.75, 3.05) is 0 Å². The summed E-state index contributed by atoms with van der Waals surface area (Å²) in [7, 11) is -6.08. The zero-order valence-corrected chi connectivity index (χ0v) is 14.3. The molecule has 1 aromatic heterocycles. The van der Waals surface area contributed by atoms with Crippen LogP contribution in [0.25, 0.3) is 10.9 Å². The number of benzene rings is 1. The molecule has 122 valence electrons. The lowest BCUT2D eigenvalue weighted by Crippen LogP contribution is -2.40. The van der Waals surface area contributed by atoms with Crippen LogP contribution in [0.4, 0.5) is 13.2 Å². The molecule has 2 aromatic rings. The van der Waals surface area contributed by atoms with Crippen molar-refractivity contribution in [1.29, 1.82) is 0 Å². The summed E-state index contributed by atoms with van der Waals surface area (Å²) in [6.45, 7) is 5.72. The van der Waals surface area contributed by atoms with Gasteiger partial charge < -0.3 is 8.75 Å². The molecule has 0 saturated carbocycles. The Bertz CT molecular complexity index is 819. The summed E-state index contributed by atoms with van der Waals surface area (Å²) in [5.41, 5.74) is -4.85. The van der Waals surface area contributed by atoms with Crippen LogP contribution in [0.1, 0.15) is 0 Å². The topological polar surface area (TPSA) is 48.3 Å². The van der Waals surface area contributed by atoms with E-state index in [1.54, 1.807) is 23.9 Å². The zero-order chi connectivity index (χ0) is 16.9. The highest BCUT2D eigenvalue weighted by atomic mass is 32.2. The minimum absolute atomic E-state index is 0.245. The van der Waals surface area contributed by atoms with E-state index in [4.69, 9.17) is 0 Å². The van der Waals surface area contributed by atoms with Crippen LogP contribution in [0, 0.1) is 0 Å². The van der Waals surface area contributed by atoms with Gasteiger partial charge in [0.2, 0.25) is 0 Å². The standard InChI is InChI=1S/C13H16F3NO3SSi/c1-17-6-5-9-7-12(22(2,3)4)11(8-10(9)17)20-21(18,19)13(14,15)16/h5-8H,1-4H3. The minimum Gasteiger partial charge on any atom is -0.376 e. The number of hydrogen-bond acceptors (Lipinski definition) is 3. The van der Waals surface area contributed by atoms with Crippen molar-refractivity contribution in [3.8, 4) is 5.75 Å². The normalized spacial score (nSPS) is 13.6. The Morgan fingerprint density at radius 2 is 1.77 bits per heavy atom. The number of aryl methyl sites for hydroxylation is 1. The largest absolute Gasteiger partial charge is 0.534 e. The van der Waals surface area contributed by atoms with Gasteiger partial charge in [0.15, 0.2) is 0 Å². The van der Waals surface area contributed by atoms with Crippen LogP contribution in [-0.2, 0) is 17.2 Å². The highest BCUT2D eigenvalue weighted by Gasteiger charge is 2.49. The number of halogens is 3. The molecule has 0 bridgehead atoms. The molecule has 2 rings (SSSR count). The average Bonchev–Trinajstić information content (AvgIpc) is 2.67. The molecule has 0 amide bonds. The highest BCUT2D eigenvalue weighted by molar-refractivity contribution is 7.88. The smallest absolute Gasteiger partial charge is 0.376 e. The number of nitrogens with zero attached hydrogens (tertiary/aromatic N) is 1. The molecular formula is C13H16F3NO3SSi. The van der Waals surface area contributed by atoms with Crippen molar-refractivity contribution < 1.29 is 25.8 Å². The Balaban J connectivity index is 2.68. The number of hydrogen-bond donors (Lipinski definition) is 0. The second kappa shape index (κ2) is 5.02. The quantitative estimate of drug-likeness (QED) is 0.485. The summed E-state index contributed by atoms with van der Waals surface area (Å²) in [6, 6.07) is 4.88. The van der Waals surface area contributed by atoms with E-state index in [-0.39, 0.29) is 5.75 Å². The van der Waals surface area contributed by atoms with Crippen molar-refractivity contribution in [2.24, 2.45) is 7.05 Å². The van der Waals surface area contributed by atoms with Gasteiger partial charge in [-0.05, 0) is 22.7 Å². The molecule has 9 heteroatoms. The average molecular weight is 351 g/mol. The first-order valence-corrected chi connectivity index (χ1v) is 11.3. The van der Waals surface area contributed by atoms with E-state index in [1.807, 2.05) is 25.7 Å².